The predicted octanol–water partition coefficient (Wildman–Crippen LogP) is 1.80. The zero-order chi connectivity index (χ0) is 22.8. The zero-order valence-electron chi connectivity index (χ0n) is 18.2. The molecule has 3 aromatic heterocycles. The van der Waals surface area contributed by atoms with E-state index in [1.165, 1.54) is 6.20 Å². The molecule has 32 heavy (non-hydrogen) atoms. The lowest BCUT2D eigenvalue weighted by atomic mass is 10.2. The first-order chi connectivity index (χ1) is 15.4. The number of hydrogen-bond acceptors (Lipinski definition) is 6. The van der Waals surface area contributed by atoms with Crippen molar-refractivity contribution in [1.29, 1.82) is 0 Å². The smallest absolute Gasteiger partial charge is 0.276 e. The van der Waals surface area contributed by atoms with E-state index in [9.17, 15) is 9.59 Å². The SMILES string of the molecule is CCn1ncc(NC(=O)c2ccn(Cn3nc(C)c(Cl)c3C)n2)c1C(=O)N1CCOCC1. The van der Waals surface area contributed by atoms with E-state index in [-0.39, 0.29) is 11.6 Å². The van der Waals surface area contributed by atoms with E-state index >= 15 is 0 Å². The molecule has 0 aromatic carbocycles. The first-order valence-electron chi connectivity index (χ1n) is 10.4. The van der Waals surface area contributed by atoms with Gasteiger partial charge in [0.2, 0.25) is 0 Å². The van der Waals surface area contributed by atoms with Crippen molar-refractivity contribution in [1.82, 2.24) is 34.2 Å². The second-order valence-corrected chi connectivity index (χ2v) is 7.83. The van der Waals surface area contributed by atoms with Crippen LogP contribution in [0.2, 0.25) is 5.02 Å². The fraction of sp³-hybridized carbons (Fsp3) is 0.450. The Bertz CT molecular complexity index is 1140. The van der Waals surface area contributed by atoms with Gasteiger partial charge in [0.1, 0.15) is 12.4 Å². The molecule has 4 rings (SSSR count). The molecule has 0 atom stereocenters. The molecule has 0 bridgehead atoms. The van der Waals surface area contributed by atoms with Crippen LogP contribution in [0.5, 0.6) is 0 Å². The number of carbonyl (C=O) groups excluding carboxylic acids is 2. The lowest BCUT2D eigenvalue weighted by Gasteiger charge is -2.27. The molecule has 1 aliphatic rings. The van der Waals surface area contributed by atoms with Crippen LogP contribution in [-0.4, -0.2) is 72.4 Å². The van der Waals surface area contributed by atoms with Crippen LogP contribution in [-0.2, 0) is 18.0 Å². The van der Waals surface area contributed by atoms with Gasteiger partial charge >= 0.3 is 0 Å². The van der Waals surface area contributed by atoms with Gasteiger partial charge in [-0.05, 0) is 26.8 Å². The third kappa shape index (κ3) is 4.26. The number of hydrogen-bond donors (Lipinski definition) is 1. The molecule has 0 spiro atoms. The second-order valence-electron chi connectivity index (χ2n) is 7.45. The van der Waals surface area contributed by atoms with Gasteiger partial charge in [-0.1, -0.05) is 11.6 Å². The summed E-state index contributed by atoms with van der Waals surface area (Å²) in [6.45, 7) is 8.41. The summed E-state index contributed by atoms with van der Waals surface area (Å²) in [6.07, 6.45) is 3.18. The van der Waals surface area contributed by atoms with Gasteiger partial charge in [0.15, 0.2) is 5.69 Å². The lowest BCUT2D eigenvalue weighted by Crippen LogP contribution is -2.41. The highest BCUT2D eigenvalue weighted by atomic mass is 35.5. The third-order valence-electron chi connectivity index (χ3n) is 5.33. The normalized spacial score (nSPS) is 14.1. The Morgan fingerprint density at radius 1 is 1.19 bits per heavy atom. The summed E-state index contributed by atoms with van der Waals surface area (Å²) in [6, 6.07) is 1.61. The van der Waals surface area contributed by atoms with Gasteiger partial charge in [0.05, 0.1) is 41.5 Å². The minimum absolute atomic E-state index is 0.185. The Balaban J connectivity index is 1.50. The van der Waals surface area contributed by atoms with Crippen LogP contribution in [0, 0.1) is 13.8 Å². The van der Waals surface area contributed by atoms with Gasteiger partial charge in [-0.15, -0.1) is 0 Å². The molecular formula is C20H25ClN8O3. The standard InChI is InChI=1S/C20H25ClN8O3/c1-4-28-18(20(31)26-7-9-32-10-8-26)16(11-22-28)23-19(30)15-5-6-27(25-15)12-29-14(3)17(21)13(2)24-29/h5-6,11H,4,7-10,12H2,1-3H3,(H,23,30). The topological polar surface area (TPSA) is 112 Å². The average molecular weight is 461 g/mol. The van der Waals surface area contributed by atoms with E-state index in [1.54, 1.807) is 31.2 Å². The third-order valence-corrected chi connectivity index (χ3v) is 5.88. The second kappa shape index (κ2) is 9.13. The van der Waals surface area contributed by atoms with E-state index in [4.69, 9.17) is 16.3 Å². The summed E-state index contributed by atoms with van der Waals surface area (Å²) in [5, 5.41) is 16.4. The van der Waals surface area contributed by atoms with Crippen LogP contribution in [0.4, 0.5) is 5.69 Å². The largest absolute Gasteiger partial charge is 0.378 e. The monoisotopic (exact) mass is 460 g/mol. The number of ether oxygens (including phenoxy) is 1. The maximum Gasteiger partial charge on any atom is 0.276 e. The minimum atomic E-state index is -0.429. The molecule has 0 saturated carbocycles. The van der Waals surface area contributed by atoms with Crippen LogP contribution in [0.1, 0.15) is 39.3 Å². The van der Waals surface area contributed by atoms with E-state index < -0.39 is 5.91 Å². The summed E-state index contributed by atoms with van der Waals surface area (Å²) < 4.78 is 10.2. The van der Waals surface area contributed by atoms with Crippen LogP contribution in [0.15, 0.2) is 18.5 Å². The maximum absolute atomic E-state index is 13.1. The number of anilines is 1. The molecule has 1 fully saturated rings. The van der Waals surface area contributed by atoms with E-state index in [0.29, 0.717) is 55.9 Å². The first-order valence-corrected chi connectivity index (χ1v) is 10.7. The van der Waals surface area contributed by atoms with E-state index in [1.807, 2.05) is 20.8 Å². The summed E-state index contributed by atoms with van der Waals surface area (Å²) >= 11 is 6.20. The van der Waals surface area contributed by atoms with Crippen molar-refractivity contribution >= 4 is 29.1 Å². The van der Waals surface area contributed by atoms with Gasteiger partial charge in [-0.2, -0.15) is 15.3 Å². The van der Waals surface area contributed by atoms with Crippen LogP contribution < -0.4 is 5.32 Å². The number of carbonyl (C=O) groups is 2. The van der Waals surface area contributed by atoms with Crippen LogP contribution in [0.25, 0.3) is 0 Å². The highest BCUT2D eigenvalue weighted by molar-refractivity contribution is 6.31. The number of aromatic nitrogens is 6. The minimum Gasteiger partial charge on any atom is -0.378 e. The molecule has 2 amide bonds. The summed E-state index contributed by atoms with van der Waals surface area (Å²) in [7, 11) is 0. The van der Waals surface area contributed by atoms with E-state index in [0.717, 1.165) is 11.4 Å². The number of nitrogens with zero attached hydrogens (tertiary/aromatic N) is 7. The molecule has 1 aliphatic heterocycles. The number of halogens is 1. The fourth-order valence-corrected chi connectivity index (χ4v) is 3.69. The molecule has 1 N–H and O–H groups in total. The Labute approximate surface area is 189 Å². The molecular weight excluding hydrogens is 436 g/mol. The molecule has 0 unspecified atom stereocenters. The van der Waals surface area contributed by atoms with Crippen molar-refractivity contribution in [2.45, 2.75) is 34.0 Å². The molecule has 0 aliphatic carbocycles. The Hall–Kier alpha value is -3.18. The van der Waals surface area contributed by atoms with Gasteiger partial charge in [0, 0.05) is 25.8 Å². The Morgan fingerprint density at radius 2 is 1.94 bits per heavy atom. The van der Waals surface area contributed by atoms with Crippen molar-refractivity contribution in [2.75, 3.05) is 31.6 Å². The van der Waals surface area contributed by atoms with Crippen LogP contribution >= 0.6 is 11.6 Å². The Kier molecular flexibility index (Phi) is 6.28. The first kappa shape index (κ1) is 22.0. The van der Waals surface area contributed by atoms with Crippen molar-refractivity contribution in [3.8, 4) is 0 Å². The summed E-state index contributed by atoms with van der Waals surface area (Å²) in [4.78, 5) is 27.6. The fourth-order valence-electron chi connectivity index (χ4n) is 3.56. The van der Waals surface area contributed by atoms with Gasteiger partial charge < -0.3 is 15.0 Å². The van der Waals surface area contributed by atoms with Gasteiger partial charge in [0.25, 0.3) is 11.8 Å². The number of amides is 2. The number of nitrogens with one attached hydrogen (secondary N) is 1. The molecule has 12 heteroatoms. The molecule has 1 saturated heterocycles. The van der Waals surface area contributed by atoms with Crippen molar-refractivity contribution in [2.24, 2.45) is 0 Å². The van der Waals surface area contributed by atoms with Crippen molar-refractivity contribution in [3.63, 3.8) is 0 Å². The van der Waals surface area contributed by atoms with Gasteiger partial charge in [-0.3, -0.25) is 19.0 Å². The lowest BCUT2D eigenvalue weighted by molar-refractivity contribution is 0.0295. The molecule has 3 aromatic rings. The quantitative estimate of drug-likeness (QED) is 0.600. The van der Waals surface area contributed by atoms with E-state index in [2.05, 4.69) is 20.6 Å². The highest BCUT2D eigenvalue weighted by Crippen LogP contribution is 2.20. The predicted molar refractivity (Wildman–Crippen MR) is 117 cm³/mol. The number of morpholine rings is 1. The summed E-state index contributed by atoms with van der Waals surface area (Å²) in [5.74, 6) is -0.614. The number of rotatable bonds is 6. The summed E-state index contributed by atoms with van der Waals surface area (Å²) in [5.41, 5.74) is 2.47. The zero-order valence-corrected chi connectivity index (χ0v) is 19.0. The molecule has 4 heterocycles. The molecule has 170 valence electrons. The highest BCUT2D eigenvalue weighted by Gasteiger charge is 2.26. The van der Waals surface area contributed by atoms with Gasteiger partial charge in [-0.25, -0.2) is 4.68 Å². The maximum atomic E-state index is 13.1. The number of aryl methyl sites for hydroxylation is 2. The average Bonchev–Trinajstić information content (AvgIpc) is 3.49. The molecule has 11 nitrogen and oxygen atoms in total. The molecule has 0 radical (unpaired) electrons. The van der Waals surface area contributed by atoms with Crippen molar-refractivity contribution < 1.29 is 14.3 Å². The Morgan fingerprint density at radius 3 is 2.59 bits per heavy atom. The van der Waals surface area contributed by atoms with Crippen LogP contribution in [0.3, 0.4) is 0 Å². The van der Waals surface area contributed by atoms with Crippen molar-refractivity contribution in [3.05, 3.63) is 46.3 Å².